The SMILES string of the molecule is COC(=O)C(C)(C)[C@H](N)c1cc(F)ccc1Cl.Cl. The van der Waals surface area contributed by atoms with Gasteiger partial charge in [0.15, 0.2) is 0 Å². The molecule has 18 heavy (non-hydrogen) atoms. The summed E-state index contributed by atoms with van der Waals surface area (Å²) in [5.74, 6) is -0.911. The molecule has 0 radical (unpaired) electrons. The van der Waals surface area contributed by atoms with Gasteiger partial charge in [-0.25, -0.2) is 4.39 Å². The normalized spacial score (nSPS) is 12.6. The van der Waals surface area contributed by atoms with Crippen LogP contribution in [0.15, 0.2) is 18.2 Å². The predicted molar refractivity (Wildman–Crippen MR) is 71.4 cm³/mol. The number of hydrogen-bond acceptors (Lipinski definition) is 3. The molecule has 1 rings (SSSR count). The molecule has 0 fully saturated rings. The third-order valence-corrected chi connectivity index (χ3v) is 3.13. The minimum absolute atomic E-state index is 0. The van der Waals surface area contributed by atoms with Crippen LogP contribution in [0.25, 0.3) is 0 Å². The fourth-order valence-corrected chi connectivity index (χ4v) is 1.77. The Kier molecular flexibility index (Phi) is 6.07. The molecule has 0 amide bonds. The number of methoxy groups -OCH3 is 1. The summed E-state index contributed by atoms with van der Waals surface area (Å²) < 4.78 is 17.8. The van der Waals surface area contributed by atoms with Gasteiger partial charge in [-0.05, 0) is 37.6 Å². The lowest BCUT2D eigenvalue weighted by Crippen LogP contribution is -2.37. The summed E-state index contributed by atoms with van der Waals surface area (Å²) in [4.78, 5) is 11.6. The van der Waals surface area contributed by atoms with E-state index in [0.717, 1.165) is 0 Å². The van der Waals surface area contributed by atoms with Gasteiger partial charge in [0.2, 0.25) is 0 Å². The predicted octanol–water partition coefficient (Wildman–Crippen LogP) is 3.10. The van der Waals surface area contributed by atoms with Gasteiger partial charge in [0.05, 0.1) is 12.5 Å². The second-order valence-corrected chi connectivity index (χ2v) is 4.76. The summed E-state index contributed by atoms with van der Waals surface area (Å²) in [5, 5.41) is 0.330. The zero-order valence-corrected chi connectivity index (χ0v) is 11.9. The van der Waals surface area contributed by atoms with Crippen LogP contribution in [0.2, 0.25) is 5.02 Å². The van der Waals surface area contributed by atoms with Crippen LogP contribution in [-0.4, -0.2) is 13.1 Å². The molecule has 1 aromatic rings. The second kappa shape index (κ2) is 6.36. The minimum atomic E-state index is -0.980. The first-order valence-corrected chi connectivity index (χ1v) is 5.47. The molecular weight excluding hydrogens is 280 g/mol. The average molecular weight is 296 g/mol. The Bertz CT molecular complexity index is 438. The third kappa shape index (κ3) is 3.34. The van der Waals surface area contributed by atoms with Crippen molar-refractivity contribution in [3.63, 3.8) is 0 Å². The van der Waals surface area contributed by atoms with Crippen molar-refractivity contribution in [1.82, 2.24) is 0 Å². The largest absolute Gasteiger partial charge is 0.469 e. The van der Waals surface area contributed by atoms with Crippen LogP contribution in [0.4, 0.5) is 4.39 Å². The van der Waals surface area contributed by atoms with Gasteiger partial charge < -0.3 is 10.5 Å². The molecule has 0 aliphatic carbocycles. The summed E-state index contributed by atoms with van der Waals surface area (Å²) in [5.41, 5.74) is 5.38. The average Bonchev–Trinajstić information content (AvgIpc) is 2.30. The highest BCUT2D eigenvalue weighted by Crippen LogP contribution is 2.36. The number of esters is 1. The first kappa shape index (κ1) is 17.2. The monoisotopic (exact) mass is 295 g/mol. The van der Waals surface area contributed by atoms with Crippen molar-refractivity contribution < 1.29 is 13.9 Å². The Morgan fingerprint density at radius 2 is 2.06 bits per heavy atom. The molecule has 2 N–H and O–H groups in total. The van der Waals surface area contributed by atoms with Gasteiger partial charge in [-0.3, -0.25) is 4.79 Å². The van der Waals surface area contributed by atoms with Crippen molar-refractivity contribution >= 4 is 30.0 Å². The van der Waals surface area contributed by atoms with Gasteiger partial charge in [-0.1, -0.05) is 11.6 Å². The Morgan fingerprint density at radius 3 is 2.56 bits per heavy atom. The summed E-state index contributed by atoms with van der Waals surface area (Å²) in [6, 6.07) is 3.15. The van der Waals surface area contributed by atoms with Crippen LogP contribution >= 0.6 is 24.0 Å². The topological polar surface area (TPSA) is 52.3 Å². The molecular formula is C12H16Cl2FNO2. The molecule has 0 bridgehead atoms. The quantitative estimate of drug-likeness (QED) is 0.872. The van der Waals surface area contributed by atoms with Gasteiger partial charge in [-0.2, -0.15) is 0 Å². The highest BCUT2D eigenvalue weighted by molar-refractivity contribution is 6.31. The number of rotatable bonds is 3. The summed E-state index contributed by atoms with van der Waals surface area (Å²) >= 11 is 5.95. The standard InChI is InChI=1S/C12H15ClFNO2.ClH/c1-12(2,11(16)17-3)10(15)8-6-7(14)4-5-9(8)13;/h4-6,10H,15H2,1-3H3;1H/t10-;/m1./s1. The summed E-state index contributed by atoms with van der Waals surface area (Å²) in [6.45, 7) is 3.26. The number of carbonyl (C=O) groups excluding carboxylic acids is 1. The van der Waals surface area contributed by atoms with Gasteiger partial charge in [-0.15, -0.1) is 12.4 Å². The molecule has 0 saturated carbocycles. The smallest absolute Gasteiger partial charge is 0.313 e. The van der Waals surface area contributed by atoms with Gasteiger partial charge in [0, 0.05) is 11.1 Å². The zero-order chi connectivity index (χ0) is 13.2. The Hall–Kier alpha value is -0.840. The molecule has 102 valence electrons. The summed E-state index contributed by atoms with van der Waals surface area (Å²) in [7, 11) is 1.28. The number of halogens is 3. The second-order valence-electron chi connectivity index (χ2n) is 4.36. The van der Waals surface area contributed by atoms with Crippen molar-refractivity contribution in [1.29, 1.82) is 0 Å². The lowest BCUT2D eigenvalue weighted by atomic mass is 9.81. The van der Waals surface area contributed by atoms with Crippen molar-refractivity contribution in [2.75, 3.05) is 7.11 Å². The first-order valence-electron chi connectivity index (χ1n) is 5.09. The van der Waals surface area contributed by atoms with E-state index < -0.39 is 23.2 Å². The van der Waals surface area contributed by atoms with E-state index in [2.05, 4.69) is 4.74 Å². The van der Waals surface area contributed by atoms with E-state index in [9.17, 15) is 9.18 Å². The van der Waals surface area contributed by atoms with Crippen LogP contribution in [-0.2, 0) is 9.53 Å². The van der Waals surface area contributed by atoms with Crippen LogP contribution in [0.1, 0.15) is 25.5 Å². The van der Waals surface area contributed by atoms with Crippen LogP contribution in [0, 0.1) is 11.2 Å². The number of carbonyl (C=O) groups is 1. The van der Waals surface area contributed by atoms with E-state index in [4.69, 9.17) is 17.3 Å². The minimum Gasteiger partial charge on any atom is -0.469 e. The van der Waals surface area contributed by atoms with Crippen LogP contribution < -0.4 is 5.73 Å². The number of ether oxygens (including phenoxy) is 1. The van der Waals surface area contributed by atoms with E-state index in [1.807, 2.05) is 0 Å². The molecule has 6 heteroatoms. The maximum atomic E-state index is 13.1. The van der Waals surface area contributed by atoms with E-state index >= 15 is 0 Å². The molecule has 1 atom stereocenters. The first-order chi connectivity index (χ1) is 7.80. The van der Waals surface area contributed by atoms with E-state index in [0.29, 0.717) is 10.6 Å². The highest BCUT2D eigenvalue weighted by atomic mass is 35.5. The molecule has 0 unspecified atom stereocenters. The Morgan fingerprint density at radius 1 is 1.50 bits per heavy atom. The molecule has 1 aromatic carbocycles. The van der Waals surface area contributed by atoms with Crippen molar-refractivity contribution in [3.05, 3.63) is 34.6 Å². The van der Waals surface area contributed by atoms with E-state index in [1.165, 1.54) is 25.3 Å². The van der Waals surface area contributed by atoms with Crippen LogP contribution in [0.3, 0.4) is 0 Å². The number of nitrogens with two attached hydrogens (primary N) is 1. The maximum Gasteiger partial charge on any atom is 0.313 e. The van der Waals surface area contributed by atoms with Crippen molar-refractivity contribution in [2.45, 2.75) is 19.9 Å². The zero-order valence-electron chi connectivity index (χ0n) is 10.4. The van der Waals surface area contributed by atoms with Gasteiger partial charge >= 0.3 is 5.97 Å². The lowest BCUT2D eigenvalue weighted by molar-refractivity contribution is -0.152. The molecule has 0 heterocycles. The Labute approximate surface area is 117 Å². The number of hydrogen-bond donors (Lipinski definition) is 1. The molecule has 0 spiro atoms. The lowest BCUT2D eigenvalue weighted by Gasteiger charge is -2.29. The Balaban J connectivity index is 0.00000289. The molecule has 0 aliphatic rings. The van der Waals surface area contributed by atoms with E-state index in [1.54, 1.807) is 13.8 Å². The third-order valence-electron chi connectivity index (χ3n) is 2.78. The summed E-state index contributed by atoms with van der Waals surface area (Å²) in [6.07, 6.45) is 0. The number of benzene rings is 1. The molecule has 3 nitrogen and oxygen atoms in total. The van der Waals surface area contributed by atoms with Gasteiger partial charge in [0.25, 0.3) is 0 Å². The molecule has 0 aromatic heterocycles. The highest BCUT2D eigenvalue weighted by Gasteiger charge is 2.37. The fourth-order valence-electron chi connectivity index (χ4n) is 1.53. The van der Waals surface area contributed by atoms with Crippen molar-refractivity contribution in [3.8, 4) is 0 Å². The van der Waals surface area contributed by atoms with E-state index in [-0.39, 0.29) is 12.4 Å². The fraction of sp³-hybridized carbons (Fsp3) is 0.417. The van der Waals surface area contributed by atoms with Crippen molar-refractivity contribution in [2.24, 2.45) is 11.1 Å². The molecule has 0 saturated heterocycles. The maximum absolute atomic E-state index is 13.1. The molecule has 0 aliphatic heterocycles. The van der Waals surface area contributed by atoms with Crippen LogP contribution in [0.5, 0.6) is 0 Å². The van der Waals surface area contributed by atoms with Gasteiger partial charge in [0.1, 0.15) is 5.82 Å².